The van der Waals surface area contributed by atoms with Crippen molar-refractivity contribution in [3.63, 3.8) is 0 Å². The van der Waals surface area contributed by atoms with Gasteiger partial charge in [0.2, 0.25) is 0 Å². The second-order valence-corrected chi connectivity index (χ2v) is 2.08. The highest BCUT2D eigenvalue weighted by Crippen LogP contribution is 2.00. The van der Waals surface area contributed by atoms with Crippen LogP contribution in [-0.2, 0) is 0 Å². The molecule has 0 aromatic heterocycles. The van der Waals surface area contributed by atoms with Crippen molar-refractivity contribution < 1.29 is 14.3 Å². The Balaban J connectivity index is 3.19. The standard InChI is InChI=1S/C7H4BFO2/c8-5-1-4(7(10)11)2-6(9)3-5/h1-3H,(H,10,11). The predicted molar refractivity (Wildman–Crippen MR) is 38.7 cm³/mol. The van der Waals surface area contributed by atoms with Crippen LogP contribution in [0.15, 0.2) is 18.2 Å². The van der Waals surface area contributed by atoms with Gasteiger partial charge in [-0.05, 0) is 12.1 Å². The molecule has 0 amide bonds. The van der Waals surface area contributed by atoms with E-state index in [1.165, 1.54) is 6.07 Å². The average Bonchev–Trinajstić information content (AvgIpc) is 1.85. The number of hydrogen-bond donors (Lipinski definition) is 1. The smallest absolute Gasteiger partial charge is 0.335 e. The molecule has 0 atom stereocenters. The third-order valence-corrected chi connectivity index (χ3v) is 1.17. The van der Waals surface area contributed by atoms with E-state index in [0.29, 0.717) is 0 Å². The van der Waals surface area contributed by atoms with Crippen molar-refractivity contribution in [1.29, 1.82) is 0 Å². The first-order valence-corrected chi connectivity index (χ1v) is 2.89. The van der Waals surface area contributed by atoms with Crippen molar-refractivity contribution in [2.24, 2.45) is 0 Å². The van der Waals surface area contributed by atoms with Crippen LogP contribution >= 0.6 is 0 Å². The van der Waals surface area contributed by atoms with E-state index in [9.17, 15) is 9.18 Å². The number of hydrogen-bond acceptors (Lipinski definition) is 1. The molecule has 1 aromatic carbocycles. The van der Waals surface area contributed by atoms with E-state index in [1.54, 1.807) is 0 Å². The monoisotopic (exact) mass is 150 g/mol. The molecule has 0 aliphatic rings. The lowest BCUT2D eigenvalue weighted by molar-refractivity contribution is 0.0696. The minimum absolute atomic E-state index is 0.113. The van der Waals surface area contributed by atoms with Crippen LogP contribution in [0.5, 0.6) is 0 Å². The number of halogens is 1. The molecule has 2 nitrogen and oxygen atoms in total. The molecule has 0 heterocycles. The summed E-state index contributed by atoms with van der Waals surface area (Å²) in [4.78, 5) is 10.3. The molecule has 0 unspecified atom stereocenters. The van der Waals surface area contributed by atoms with Gasteiger partial charge in [0.25, 0.3) is 0 Å². The molecule has 0 fully saturated rings. The Labute approximate surface area is 64.1 Å². The first kappa shape index (κ1) is 7.79. The minimum atomic E-state index is -1.18. The molecule has 2 radical (unpaired) electrons. The minimum Gasteiger partial charge on any atom is -0.478 e. The SMILES string of the molecule is [B]c1cc(F)cc(C(=O)O)c1. The van der Waals surface area contributed by atoms with Crippen LogP contribution in [0.3, 0.4) is 0 Å². The number of carbonyl (C=O) groups is 1. The summed E-state index contributed by atoms with van der Waals surface area (Å²) in [6.07, 6.45) is 0. The van der Waals surface area contributed by atoms with Gasteiger partial charge >= 0.3 is 5.97 Å². The van der Waals surface area contributed by atoms with Crippen molar-refractivity contribution in [3.8, 4) is 0 Å². The Bertz CT molecular complexity index is 278. The lowest BCUT2D eigenvalue weighted by Gasteiger charge is -1.96. The van der Waals surface area contributed by atoms with Crippen molar-refractivity contribution in [2.75, 3.05) is 0 Å². The molecule has 11 heavy (non-hydrogen) atoms. The van der Waals surface area contributed by atoms with Gasteiger partial charge in [-0.25, -0.2) is 9.18 Å². The van der Waals surface area contributed by atoms with Crippen LogP contribution in [0.25, 0.3) is 0 Å². The second kappa shape index (κ2) is 2.74. The van der Waals surface area contributed by atoms with Gasteiger partial charge in [-0.2, -0.15) is 0 Å². The normalized spacial score (nSPS) is 9.55. The van der Waals surface area contributed by atoms with E-state index < -0.39 is 11.8 Å². The molecule has 0 saturated carbocycles. The highest BCUT2D eigenvalue weighted by atomic mass is 19.1. The highest BCUT2D eigenvalue weighted by Gasteiger charge is 2.03. The van der Waals surface area contributed by atoms with Gasteiger partial charge in [-0.1, -0.05) is 11.5 Å². The van der Waals surface area contributed by atoms with Gasteiger partial charge in [0, 0.05) is 0 Å². The Morgan fingerprint density at radius 3 is 2.55 bits per heavy atom. The number of aromatic carboxylic acids is 1. The summed E-state index contributed by atoms with van der Waals surface area (Å²) in [5, 5.41) is 8.41. The Kier molecular flexibility index (Phi) is 1.94. The Morgan fingerprint density at radius 1 is 1.45 bits per heavy atom. The maximum Gasteiger partial charge on any atom is 0.335 e. The lowest BCUT2D eigenvalue weighted by atomic mass is 9.94. The summed E-state index contributed by atoms with van der Waals surface area (Å²) >= 11 is 0. The van der Waals surface area contributed by atoms with Gasteiger partial charge in [0.05, 0.1) is 5.56 Å². The molecule has 54 valence electrons. The average molecular weight is 150 g/mol. The van der Waals surface area contributed by atoms with Crippen LogP contribution in [0.2, 0.25) is 0 Å². The molecule has 1 aromatic rings. The fraction of sp³-hybridized carbons (Fsp3) is 0. The van der Waals surface area contributed by atoms with Crippen LogP contribution in [0.4, 0.5) is 4.39 Å². The predicted octanol–water partition coefficient (Wildman–Crippen LogP) is 0.318. The highest BCUT2D eigenvalue weighted by molar-refractivity contribution is 6.32. The first-order chi connectivity index (χ1) is 5.09. The number of benzene rings is 1. The summed E-state index contributed by atoms with van der Waals surface area (Å²) < 4.78 is 12.4. The zero-order valence-corrected chi connectivity index (χ0v) is 5.54. The summed E-state index contributed by atoms with van der Waals surface area (Å²) in [6, 6.07) is 3.18. The lowest BCUT2D eigenvalue weighted by Crippen LogP contribution is -2.08. The van der Waals surface area contributed by atoms with Crippen LogP contribution in [-0.4, -0.2) is 18.9 Å². The second-order valence-electron chi connectivity index (χ2n) is 2.08. The number of rotatable bonds is 1. The van der Waals surface area contributed by atoms with Crippen LogP contribution < -0.4 is 5.46 Å². The summed E-state index contributed by atoms with van der Waals surface area (Å²) in [7, 11) is 5.19. The zero-order chi connectivity index (χ0) is 8.43. The van der Waals surface area contributed by atoms with Gasteiger partial charge in [0.1, 0.15) is 13.7 Å². The molecule has 1 rings (SSSR count). The van der Waals surface area contributed by atoms with E-state index >= 15 is 0 Å². The molecule has 1 N–H and O–H groups in total. The fourth-order valence-corrected chi connectivity index (χ4v) is 0.736. The fourth-order valence-electron chi connectivity index (χ4n) is 0.736. The van der Waals surface area contributed by atoms with Crippen molar-refractivity contribution in [1.82, 2.24) is 0 Å². The molecule has 0 saturated heterocycles. The summed E-state index contributed by atoms with van der Waals surface area (Å²) in [5.74, 6) is -1.82. The Morgan fingerprint density at radius 2 is 2.09 bits per heavy atom. The zero-order valence-electron chi connectivity index (χ0n) is 5.54. The largest absolute Gasteiger partial charge is 0.478 e. The van der Waals surface area contributed by atoms with Gasteiger partial charge in [0.15, 0.2) is 0 Å². The van der Waals surface area contributed by atoms with Crippen LogP contribution in [0, 0.1) is 5.82 Å². The number of carboxylic acid groups (broad SMARTS) is 1. The first-order valence-electron chi connectivity index (χ1n) is 2.89. The van der Waals surface area contributed by atoms with Crippen molar-refractivity contribution in [2.45, 2.75) is 0 Å². The summed E-state index contributed by atoms with van der Waals surface area (Å²) in [5.41, 5.74) is -0.0232. The molecule has 0 spiro atoms. The maximum atomic E-state index is 12.4. The van der Waals surface area contributed by atoms with E-state index in [1.807, 2.05) is 0 Å². The molecule has 0 aliphatic heterocycles. The third kappa shape index (κ3) is 1.80. The van der Waals surface area contributed by atoms with Crippen LogP contribution in [0.1, 0.15) is 10.4 Å². The molecular weight excluding hydrogens is 146 g/mol. The number of carboxylic acids is 1. The Hall–Kier alpha value is -1.32. The molecule has 0 bridgehead atoms. The van der Waals surface area contributed by atoms with E-state index in [0.717, 1.165) is 12.1 Å². The van der Waals surface area contributed by atoms with Crippen molar-refractivity contribution >= 4 is 19.3 Å². The van der Waals surface area contributed by atoms with Crippen molar-refractivity contribution in [3.05, 3.63) is 29.6 Å². The summed E-state index contributed by atoms with van der Waals surface area (Å²) in [6.45, 7) is 0. The third-order valence-electron chi connectivity index (χ3n) is 1.17. The quantitative estimate of drug-likeness (QED) is 0.585. The molecule has 0 aliphatic carbocycles. The topological polar surface area (TPSA) is 37.3 Å². The van der Waals surface area contributed by atoms with Gasteiger partial charge < -0.3 is 5.11 Å². The van der Waals surface area contributed by atoms with E-state index in [-0.39, 0.29) is 11.0 Å². The molecule has 4 heteroatoms. The van der Waals surface area contributed by atoms with E-state index in [2.05, 4.69) is 0 Å². The maximum absolute atomic E-state index is 12.4. The molecular formula is C7H4BFO2. The van der Waals surface area contributed by atoms with Gasteiger partial charge in [-0.15, -0.1) is 0 Å². The van der Waals surface area contributed by atoms with Gasteiger partial charge in [-0.3, -0.25) is 0 Å². The van der Waals surface area contributed by atoms with E-state index in [4.69, 9.17) is 13.0 Å².